The first-order chi connectivity index (χ1) is 16.0. The Morgan fingerprint density at radius 2 is 1.65 bits per heavy atom. The summed E-state index contributed by atoms with van der Waals surface area (Å²) >= 11 is 4.24. The van der Waals surface area contributed by atoms with Crippen molar-refractivity contribution in [2.75, 3.05) is 17.3 Å². The first-order valence-electron chi connectivity index (χ1n) is 10.1. The molecule has 10 heteroatoms. The van der Waals surface area contributed by atoms with Crippen LogP contribution in [0.5, 0.6) is 17.2 Å². The number of sulfone groups is 1. The number of rotatable bonds is 9. The second-order valence-corrected chi connectivity index (χ2v) is 12.1. The van der Waals surface area contributed by atoms with E-state index in [1.807, 2.05) is 18.2 Å². The van der Waals surface area contributed by atoms with E-state index in [1.165, 1.54) is 12.1 Å². The molecule has 178 valence electrons. The lowest BCUT2D eigenvalue weighted by Gasteiger charge is -2.14. The van der Waals surface area contributed by atoms with Crippen molar-refractivity contribution in [3.8, 4) is 17.2 Å². The van der Waals surface area contributed by atoms with E-state index in [0.29, 0.717) is 23.6 Å². The van der Waals surface area contributed by atoms with Crippen molar-refractivity contribution in [1.82, 2.24) is 0 Å². The van der Waals surface area contributed by atoms with E-state index in [4.69, 9.17) is 4.74 Å². The van der Waals surface area contributed by atoms with Gasteiger partial charge in [-0.1, -0.05) is 18.2 Å². The predicted molar refractivity (Wildman–Crippen MR) is 147 cm³/mol. The summed E-state index contributed by atoms with van der Waals surface area (Å²) in [7, 11) is -3.33. The van der Waals surface area contributed by atoms with E-state index >= 15 is 0 Å². The van der Waals surface area contributed by atoms with Crippen LogP contribution in [-0.2, 0) is 21.1 Å². The molecule has 7 nitrogen and oxygen atoms in total. The van der Waals surface area contributed by atoms with Gasteiger partial charge in [0.1, 0.15) is 23.0 Å². The van der Waals surface area contributed by atoms with Crippen LogP contribution in [0.4, 0.5) is 5.69 Å². The van der Waals surface area contributed by atoms with Gasteiger partial charge in [-0.25, -0.2) is 8.42 Å². The zero-order valence-electron chi connectivity index (χ0n) is 18.0. The Balaban J connectivity index is 1.74. The van der Waals surface area contributed by atoms with Gasteiger partial charge < -0.3 is 15.2 Å². The first kappa shape index (κ1) is 26.4. The zero-order chi connectivity index (χ0) is 24.9. The number of carbonyl (C=O) groups excluding carboxylic acids is 2. The number of halogens is 2. The predicted octanol–water partition coefficient (Wildman–Crippen LogP) is 5.19. The quantitative estimate of drug-likeness (QED) is 0.297. The maximum atomic E-state index is 12.6. The fraction of sp³-hybridized carbons (Fsp3) is 0.167. The van der Waals surface area contributed by atoms with Crippen molar-refractivity contribution in [2.45, 2.75) is 12.8 Å². The topological polar surface area (TPSA) is 110 Å². The summed E-state index contributed by atoms with van der Waals surface area (Å²) in [5.74, 6) is -0.454. The van der Waals surface area contributed by atoms with Gasteiger partial charge in [0, 0.05) is 18.4 Å². The Hall–Kier alpha value is -2.19. The molecule has 0 spiro atoms. The lowest BCUT2D eigenvalue weighted by Crippen LogP contribution is -2.14. The molecule has 3 rings (SSSR count). The van der Waals surface area contributed by atoms with Crippen LogP contribution < -0.4 is 10.1 Å². The summed E-state index contributed by atoms with van der Waals surface area (Å²) in [5, 5.41) is 12.9. The van der Waals surface area contributed by atoms with Crippen LogP contribution in [0.2, 0.25) is 0 Å². The molecule has 2 N–H and O–H groups in total. The lowest BCUT2D eigenvalue weighted by molar-refractivity contribution is -0.116. The number of benzene rings is 3. The summed E-state index contributed by atoms with van der Waals surface area (Å²) in [6.07, 6.45) is 1.60. The molecule has 0 saturated carbocycles. The van der Waals surface area contributed by atoms with Crippen molar-refractivity contribution < 1.29 is 27.9 Å². The maximum absolute atomic E-state index is 12.6. The summed E-state index contributed by atoms with van der Waals surface area (Å²) in [5.41, 5.74) is 1.57. The molecule has 3 aromatic carbocycles. The molecule has 0 radical (unpaired) electrons. The minimum atomic E-state index is -3.33. The molecule has 0 atom stereocenters. The maximum Gasteiger partial charge on any atom is 0.259 e. The number of carbonyl (C=O) groups is 2. The van der Waals surface area contributed by atoms with Crippen molar-refractivity contribution in [2.24, 2.45) is 0 Å². The second kappa shape index (κ2) is 11.5. The Labute approximate surface area is 225 Å². The Morgan fingerprint density at radius 3 is 2.26 bits per heavy atom. The highest BCUT2D eigenvalue weighted by molar-refractivity contribution is 14.1. The fourth-order valence-electron chi connectivity index (χ4n) is 3.10. The Bertz CT molecular complexity index is 1300. The first-order valence-corrected chi connectivity index (χ1v) is 14.3. The fourth-order valence-corrected chi connectivity index (χ4v) is 5.95. The molecule has 0 fully saturated rings. The van der Waals surface area contributed by atoms with Crippen LogP contribution >= 0.6 is 45.2 Å². The highest BCUT2D eigenvalue weighted by atomic mass is 127. The molecule has 0 bridgehead atoms. The van der Waals surface area contributed by atoms with Crippen LogP contribution in [0.25, 0.3) is 0 Å². The van der Waals surface area contributed by atoms with E-state index in [2.05, 4.69) is 50.5 Å². The van der Waals surface area contributed by atoms with Gasteiger partial charge in [-0.05, 0) is 99.6 Å². The third-order valence-corrected chi connectivity index (χ3v) is 7.09. The van der Waals surface area contributed by atoms with Crippen molar-refractivity contribution in [3.05, 3.63) is 78.9 Å². The Morgan fingerprint density at radius 1 is 1.00 bits per heavy atom. The third kappa shape index (κ3) is 7.67. The molecule has 1 amide bonds. The van der Waals surface area contributed by atoms with Crippen LogP contribution in [0, 0.1) is 7.14 Å². The van der Waals surface area contributed by atoms with Gasteiger partial charge in [-0.15, -0.1) is 0 Å². The minimum Gasteiger partial charge on any atom is -0.507 e. The summed E-state index contributed by atoms with van der Waals surface area (Å²) < 4.78 is 30.2. The van der Waals surface area contributed by atoms with Gasteiger partial charge in [0.15, 0.2) is 15.6 Å². The average Bonchev–Trinajstić information content (AvgIpc) is 2.75. The van der Waals surface area contributed by atoms with Gasteiger partial charge in [0.05, 0.1) is 12.7 Å². The van der Waals surface area contributed by atoms with E-state index < -0.39 is 21.5 Å². The Kier molecular flexibility index (Phi) is 8.93. The normalized spacial score (nSPS) is 11.1. The number of Topliss-reactive ketones (excluding diaryl/α,β-unsaturated/α-hetero) is 1. The largest absolute Gasteiger partial charge is 0.507 e. The minimum absolute atomic E-state index is 0.0763. The van der Waals surface area contributed by atoms with Crippen molar-refractivity contribution in [3.63, 3.8) is 0 Å². The summed E-state index contributed by atoms with van der Waals surface area (Å²) in [4.78, 5) is 24.5. The van der Waals surface area contributed by atoms with E-state index in [9.17, 15) is 23.1 Å². The van der Waals surface area contributed by atoms with Gasteiger partial charge in [-0.3, -0.25) is 9.59 Å². The number of phenolic OH excluding ortho intramolecular Hbond substituents is 1. The summed E-state index contributed by atoms with van der Waals surface area (Å²) in [6.45, 7) is 0. The number of nitrogens with one attached hydrogen (secondary N) is 1. The number of anilines is 1. The number of ketones is 1. The van der Waals surface area contributed by atoms with E-state index in [-0.39, 0.29) is 23.5 Å². The monoisotopic (exact) mass is 705 g/mol. The zero-order valence-corrected chi connectivity index (χ0v) is 23.2. The second-order valence-electron chi connectivity index (χ2n) is 7.60. The summed E-state index contributed by atoms with van der Waals surface area (Å²) in [6, 6.07) is 17.1. The molecule has 0 aliphatic rings. The lowest BCUT2D eigenvalue weighted by atomic mass is 10.1. The molecule has 0 unspecified atom stereocenters. The molecule has 0 heterocycles. The molecule has 0 aliphatic carbocycles. The van der Waals surface area contributed by atoms with Gasteiger partial charge >= 0.3 is 0 Å². The number of hydrogen-bond acceptors (Lipinski definition) is 6. The number of amides is 1. The van der Waals surface area contributed by atoms with Crippen LogP contribution in [-0.4, -0.2) is 37.2 Å². The van der Waals surface area contributed by atoms with Crippen molar-refractivity contribution in [1.29, 1.82) is 0 Å². The van der Waals surface area contributed by atoms with E-state index in [1.54, 1.807) is 30.3 Å². The number of aromatic hydroxyl groups is 1. The molecular weight excluding hydrogens is 684 g/mol. The van der Waals surface area contributed by atoms with Gasteiger partial charge in [0.25, 0.3) is 5.91 Å². The standard InChI is InChI=1S/C24H21I2NO6S/c1-34(31,32)14-17(28)8-7-15-11-20(25)23(21(26)12-15)33-18-9-10-22(29)19(13-18)24(30)27-16-5-3-2-4-6-16/h2-6,9-13,29H,7-8,14H2,1H3,(H,27,30). The molecule has 0 aromatic heterocycles. The number of hydrogen-bond donors (Lipinski definition) is 2. The SMILES string of the molecule is CS(=O)(=O)CC(=O)CCc1cc(I)c(Oc2ccc(O)c(C(=O)Nc3ccccc3)c2)c(I)c1. The van der Waals surface area contributed by atoms with E-state index in [0.717, 1.165) is 19.0 Å². The van der Waals surface area contributed by atoms with Crippen LogP contribution in [0.15, 0.2) is 60.7 Å². The molecular formula is C24H21I2NO6S. The number of aryl methyl sites for hydroxylation is 1. The number of phenols is 1. The smallest absolute Gasteiger partial charge is 0.259 e. The number of ether oxygens (including phenoxy) is 1. The number of para-hydroxylation sites is 1. The highest BCUT2D eigenvalue weighted by Gasteiger charge is 2.16. The van der Waals surface area contributed by atoms with Crippen molar-refractivity contribution >= 4 is 72.4 Å². The van der Waals surface area contributed by atoms with Crippen LogP contribution in [0.1, 0.15) is 22.3 Å². The third-order valence-electron chi connectivity index (χ3n) is 4.64. The van der Waals surface area contributed by atoms with Gasteiger partial charge in [-0.2, -0.15) is 0 Å². The molecule has 0 saturated heterocycles. The van der Waals surface area contributed by atoms with Crippen LogP contribution in [0.3, 0.4) is 0 Å². The average molecular weight is 705 g/mol. The van der Waals surface area contributed by atoms with Gasteiger partial charge in [0.2, 0.25) is 0 Å². The molecule has 3 aromatic rings. The molecule has 34 heavy (non-hydrogen) atoms. The highest BCUT2D eigenvalue weighted by Crippen LogP contribution is 2.35. The molecule has 0 aliphatic heterocycles.